The van der Waals surface area contributed by atoms with Gasteiger partial charge in [0.1, 0.15) is 0 Å². The zero-order valence-electron chi connectivity index (χ0n) is 17.2. The van der Waals surface area contributed by atoms with Crippen molar-refractivity contribution in [1.82, 2.24) is 25.1 Å². The minimum absolute atomic E-state index is 0.166. The van der Waals surface area contributed by atoms with Crippen molar-refractivity contribution in [3.05, 3.63) is 69.9 Å². The van der Waals surface area contributed by atoms with E-state index in [2.05, 4.69) is 20.4 Å². The van der Waals surface area contributed by atoms with Crippen molar-refractivity contribution in [2.24, 2.45) is 0 Å². The average molecular weight is 417 g/mol. The van der Waals surface area contributed by atoms with Gasteiger partial charge < -0.3 is 15.0 Å². The minimum Gasteiger partial charge on any atom is -0.381 e. The molecule has 31 heavy (non-hydrogen) atoms. The SMILES string of the molecule is Cc1cc2[nH]c(=O)c3cnn(C4CCOCC4)c3c2cc1C(=O)NCc1ccccn1. The molecule has 0 bridgehead atoms. The number of benzene rings is 1. The number of fused-ring (bicyclic) bond motifs is 3. The molecule has 1 aliphatic rings. The predicted octanol–water partition coefficient (Wildman–Crippen LogP) is 2.86. The van der Waals surface area contributed by atoms with Crippen molar-refractivity contribution < 1.29 is 9.53 Å². The third kappa shape index (κ3) is 3.59. The Kier molecular flexibility index (Phi) is 4.99. The third-order valence-corrected chi connectivity index (χ3v) is 5.85. The molecule has 8 heteroatoms. The second kappa shape index (κ2) is 7.96. The van der Waals surface area contributed by atoms with E-state index in [1.54, 1.807) is 12.4 Å². The number of aryl methyl sites for hydroxylation is 1. The number of hydrogen-bond donors (Lipinski definition) is 2. The van der Waals surface area contributed by atoms with E-state index >= 15 is 0 Å². The molecule has 8 nitrogen and oxygen atoms in total. The molecule has 1 saturated heterocycles. The van der Waals surface area contributed by atoms with Crippen LogP contribution in [0.3, 0.4) is 0 Å². The summed E-state index contributed by atoms with van der Waals surface area (Å²) in [7, 11) is 0. The van der Waals surface area contributed by atoms with Gasteiger partial charge in [-0.2, -0.15) is 5.10 Å². The quantitative estimate of drug-likeness (QED) is 0.532. The molecule has 5 rings (SSSR count). The maximum atomic E-state index is 13.0. The Morgan fingerprint density at radius 1 is 1.26 bits per heavy atom. The number of pyridine rings is 2. The maximum absolute atomic E-state index is 13.0. The average Bonchev–Trinajstić information content (AvgIpc) is 3.25. The first-order chi connectivity index (χ1) is 15.1. The highest BCUT2D eigenvalue weighted by Gasteiger charge is 2.22. The van der Waals surface area contributed by atoms with E-state index in [9.17, 15) is 9.59 Å². The number of hydrogen-bond acceptors (Lipinski definition) is 5. The van der Waals surface area contributed by atoms with E-state index in [0.29, 0.717) is 36.2 Å². The number of carbonyl (C=O) groups excluding carboxylic acids is 1. The summed E-state index contributed by atoms with van der Waals surface area (Å²) in [6.45, 7) is 3.56. The molecular weight excluding hydrogens is 394 g/mol. The van der Waals surface area contributed by atoms with Crippen LogP contribution in [0.4, 0.5) is 0 Å². The van der Waals surface area contributed by atoms with Crippen molar-refractivity contribution in [2.75, 3.05) is 13.2 Å². The van der Waals surface area contributed by atoms with Gasteiger partial charge in [-0.1, -0.05) is 6.07 Å². The summed E-state index contributed by atoms with van der Waals surface area (Å²) in [5.41, 5.74) is 3.44. The number of amides is 1. The van der Waals surface area contributed by atoms with E-state index in [1.807, 2.05) is 41.9 Å². The molecule has 1 amide bonds. The molecule has 1 aromatic carbocycles. The van der Waals surface area contributed by atoms with Crippen LogP contribution in [0.15, 0.2) is 47.5 Å². The number of aromatic amines is 1. The highest BCUT2D eigenvalue weighted by atomic mass is 16.5. The largest absolute Gasteiger partial charge is 0.381 e. The van der Waals surface area contributed by atoms with Gasteiger partial charge in [0.15, 0.2) is 0 Å². The molecule has 3 aromatic heterocycles. The molecule has 0 spiro atoms. The maximum Gasteiger partial charge on any atom is 0.259 e. The van der Waals surface area contributed by atoms with Crippen LogP contribution in [0.2, 0.25) is 0 Å². The second-order valence-electron chi connectivity index (χ2n) is 7.87. The second-order valence-corrected chi connectivity index (χ2v) is 7.87. The van der Waals surface area contributed by atoms with E-state index in [0.717, 1.165) is 35.0 Å². The fourth-order valence-corrected chi connectivity index (χ4v) is 4.21. The van der Waals surface area contributed by atoms with Crippen molar-refractivity contribution >= 4 is 27.7 Å². The predicted molar refractivity (Wildman–Crippen MR) is 117 cm³/mol. The Morgan fingerprint density at radius 3 is 2.87 bits per heavy atom. The lowest BCUT2D eigenvalue weighted by atomic mass is 10.0. The van der Waals surface area contributed by atoms with Crippen LogP contribution in [0.1, 0.15) is 40.5 Å². The number of rotatable bonds is 4. The minimum atomic E-state index is -0.179. The Hall–Kier alpha value is -3.52. The fraction of sp³-hybridized carbons (Fsp3) is 0.304. The van der Waals surface area contributed by atoms with Crippen LogP contribution in [0.5, 0.6) is 0 Å². The lowest BCUT2D eigenvalue weighted by Crippen LogP contribution is -2.24. The molecule has 0 unspecified atom stereocenters. The highest BCUT2D eigenvalue weighted by Crippen LogP contribution is 2.29. The van der Waals surface area contributed by atoms with Crippen molar-refractivity contribution in [1.29, 1.82) is 0 Å². The lowest BCUT2D eigenvalue weighted by molar-refractivity contribution is 0.0675. The van der Waals surface area contributed by atoms with Gasteiger partial charge in [0.05, 0.1) is 40.9 Å². The van der Waals surface area contributed by atoms with Gasteiger partial charge >= 0.3 is 0 Å². The Morgan fingerprint density at radius 2 is 2.10 bits per heavy atom. The molecule has 1 fully saturated rings. The monoisotopic (exact) mass is 417 g/mol. The molecule has 2 N–H and O–H groups in total. The van der Waals surface area contributed by atoms with Crippen LogP contribution in [0.25, 0.3) is 21.8 Å². The summed E-state index contributed by atoms with van der Waals surface area (Å²) < 4.78 is 7.41. The molecule has 0 atom stereocenters. The van der Waals surface area contributed by atoms with Crippen LogP contribution in [0, 0.1) is 6.92 Å². The van der Waals surface area contributed by atoms with Crippen molar-refractivity contribution in [2.45, 2.75) is 32.4 Å². The Bertz CT molecular complexity index is 1320. The first-order valence-corrected chi connectivity index (χ1v) is 10.4. The summed E-state index contributed by atoms with van der Waals surface area (Å²) in [6, 6.07) is 9.47. The number of nitrogens with zero attached hydrogens (tertiary/aromatic N) is 3. The standard InChI is InChI=1S/C23H23N5O3/c1-14-10-20-18(11-17(14)22(29)25-12-15-4-2-3-7-24-15)21-19(23(30)27-20)13-26-28(21)16-5-8-31-9-6-16/h2-4,7,10-11,13,16H,5-6,8-9,12H2,1H3,(H,25,29)(H,27,30). The molecular formula is C23H23N5O3. The first kappa shape index (κ1) is 19.4. The van der Waals surface area contributed by atoms with Crippen LogP contribution in [-0.4, -0.2) is 38.9 Å². The lowest BCUT2D eigenvalue weighted by Gasteiger charge is -2.23. The van der Waals surface area contributed by atoms with E-state index in [4.69, 9.17) is 4.74 Å². The Labute approximate surface area is 178 Å². The smallest absolute Gasteiger partial charge is 0.259 e. The number of nitrogens with one attached hydrogen (secondary N) is 2. The van der Waals surface area contributed by atoms with Crippen LogP contribution >= 0.6 is 0 Å². The summed E-state index contributed by atoms with van der Waals surface area (Å²) in [5, 5.41) is 8.82. The fourth-order valence-electron chi connectivity index (χ4n) is 4.21. The van der Waals surface area contributed by atoms with Gasteiger partial charge in [-0.15, -0.1) is 0 Å². The topological polar surface area (TPSA) is 102 Å². The number of carbonyl (C=O) groups is 1. The highest BCUT2D eigenvalue weighted by molar-refractivity contribution is 6.07. The molecule has 0 aliphatic carbocycles. The Balaban J connectivity index is 1.58. The number of aromatic nitrogens is 4. The number of H-pyrrole nitrogens is 1. The zero-order chi connectivity index (χ0) is 21.4. The van der Waals surface area contributed by atoms with Gasteiger partial charge in [0.2, 0.25) is 0 Å². The van der Waals surface area contributed by atoms with Crippen molar-refractivity contribution in [3.63, 3.8) is 0 Å². The van der Waals surface area contributed by atoms with Crippen LogP contribution < -0.4 is 10.9 Å². The third-order valence-electron chi connectivity index (χ3n) is 5.85. The van der Waals surface area contributed by atoms with Gasteiger partial charge in [0, 0.05) is 30.4 Å². The van der Waals surface area contributed by atoms with E-state index < -0.39 is 0 Å². The summed E-state index contributed by atoms with van der Waals surface area (Å²) in [5.74, 6) is -0.179. The summed E-state index contributed by atoms with van der Waals surface area (Å²) in [4.78, 5) is 32.8. The van der Waals surface area contributed by atoms with Crippen molar-refractivity contribution in [3.8, 4) is 0 Å². The van der Waals surface area contributed by atoms with E-state index in [-0.39, 0.29) is 17.5 Å². The molecule has 4 heterocycles. The molecule has 1 aliphatic heterocycles. The number of ether oxygens (including phenoxy) is 1. The molecule has 158 valence electrons. The zero-order valence-corrected chi connectivity index (χ0v) is 17.2. The van der Waals surface area contributed by atoms with Gasteiger partial charge in [-0.3, -0.25) is 19.3 Å². The van der Waals surface area contributed by atoms with Gasteiger partial charge in [-0.05, 0) is 49.6 Å². The molecule has 4 aromatic rings. The molecule has 0 radical (unpaired) electrons. The summed E-state index contributed by atoms with van der Waals surface area (Å²) in [6.07, 6.45) is 5.00. The van der Waals surface area contributed by atoms with Crippen LogP contribution in [-0.2, 0) is 11.3 Å². The first-order valence-electron chi connectivity index (χ1n) is 10.4. The molecule has 0 saturated carbocycles. The summed E-state index contributed by atoms with van der Waals surface area (Å²) >= 11 is 0. The van der Waals surface area contributed by atoms with Gasteiger partial charge in [0.25, 0.3) is 11.5 Å². The normalized spacial score (nSPS) is 14.9. The van der Waals surface area contributed by atoms with E-state index in [1.165, 1.54) is 0 Å². The van der Waals surface area contributed by atoms with Gasteiger partial charge in [-0.25, -0.2) is 0 Å².